The highest BCUT2D eigenvalue weighted by molar-refractivity contribution is 9.10. The molecule has 2 rings (SSSR count). The van der Waals surface area contributed by atoms with Crippen LogP contribution in [-0.4, -0.2) is 35.7 Å². The van der Waals surface area contributed by atoms with E-state index in [2.05, 4.69) is 21.2 Å². The molecule has 2 amide bonds. The quantitative estimate of drug-likeness (QED) is 0.870. The Morgan fingerprint density at radius 3 is 3.00 bits per heavy atom. The highest BCUT2D eigenvalue weighted by Crippen LogP contribution is 2.32. The molecule has 0 bridgehead atoms. The number of amides is 2. The summed E-state index contributed by atoms with van der Waals surface area (Å²) in [6.45, 7) is 0.934. The van der Waals surface area contributed by atoms with Crippen LogP contribution in [0.1, 0.15) is 17.7 Å². The molecule has 1 aliphatic carbocycles. The summed E-state index contributed by atoms with van der Waals surface area (Å²) in [6.07, 6.45) is 1.79. The average Bonchev–Trinajstić information content (AvgIpc) is 3.10. The van der Waals surface area contributed by atoms with Crippen molar-refractivity contribution in [3.05, 3.63) is 20.8 Å². The number of likely N-dealkylation sites (N-methyl/N-ethyl adjacent to an activating group) is 1. The van der Waals surface area contributed by atoms with Gasteiger partial charge in [0.25, 0.3) is 0 Å². The first kappa shape index (κ1) is 13.8. The van der Waals surface area contributed by atoms with E-state index in [0.717, 1.165) is 22.2 Å². The molecule has 1 saturated carbocycles. The van der Waals surface area contributed by atoms with Crippen LogP contribution in [-0.2, 0) is 6.54 Å². The van der Waals surface area contributed by atoms with Crippen molar-refractivity contribution < 1.29 is 9.90 Å². The number of carbonyl (C=O) groups is 1. The molecule has 1 atom stereocenters. The Bertz CT molecular complexity index is 420. The van der Waals surface area contributed by atoms with Crippen molar-refractivity contribution in [2.45, 2.75) is 25.5 Å². The molecule has 100 valence electrons. The highest BCUT2D eigenvalue weighted by Gasteiger charge is 2.31. The van der Waals surface area contributed by atoms with Crippen molar-refractivity contribution in [3.8, 4) is 0 Å². The summed E-state index contributed by atoms with van der Waals surface area (Å²) in [5, 5.41) is 14.6. The van der Waals surface area contributed by atoms with Gasteiger partial charge in [-0.1, -0.05) is 0 Å². The number of aliphatic hydroxyl groups is 1. The average molecular weight is 333 g/mol. The second kappa shape index (κ2) is 6.04. The van der Waals surface area contributed by atoms with E-state index in [4.69, 9.17) is 0 Å². The maximum atomic E-state index is 11.8. The SMILES string of the molecule is CN(CC(O)C1CC1)C(=O)NCc1cc(Br)cs1. The van der Waals surface area contributed by atoms with Gasteiger partial charge in [-0.05, 0) is 40.8 Å². The minimum absolute atomic E-state index is 0.140. The molecule has 18 heavy (non-hydrogen) atoms. The van der Waals surface area contributed by atoms with Crippen LogP contribution in [0.15, 0.2) is 15.9 Å². The minimum Gasteiger partial charge on any atom is -0.391 e. The Labute approximate surface area is 119 Å². The fraction of sp³-hybridized carbons (Fsp3) is 0.583. The van der Waals surface area contributed by atoms with E-state index in [1.165, 1.54) is 0 Å². The minimum atomic E-state index is -0.378. The monoisotopic (exact) mass is 332 g/mol. The van der Waals surface area contributed by atoms with Crippen LogP contribution in [0.4, 0.5) is 4.79 Å². The maximum absolute atomic E-state index is 11.8. The Morgan fingerprint density at radius 2 is 2.44 bits per heavy atom. The van der Waals surface area contributed by atoms with Gasteiger partial charge in [0.2, 0.25) is 0 Å². The zero-order chi connectivity index (χ0) is 13.1. The van der Waals surface area contributed by atoms with Crippen molar-refractivity contribution in [3.63, 3.8) is 0 Å². The molecule has 1 aromatic rings. The number of halogens is 1. The summed E-state index contributed by atoms with van der Waals surface area (Å²) < 4.78 is 1.04. The summed E-state index contributed by atoms with van der Waals surface area (Å²) in [5.41, 5.74) is 0. The van der Waals surface area contributed by atoms with Gasteiger partial charge in [0, 0.05) is 28.3 Å². The van der Waals surface area contributed by atoms with E-state index in [9.17, 15) is 9.90 Å². The second-order valence-corrected chi connectivity index (χ2v) is 6.59. The molecule has 1 unspecified atom stereocenters. The molecule has 1 aromatic heterocycles. The predicted molar refractivity (Wildman–Crippen MR) is 75.6 cm³/mol. The molecule has 0 aliphatic heterocycles. The summed E-state index contributed by atoms with van der Waals surface area (Å²) in [4.78, 5) is 14.4. The normalized spacial score (nSPS) is 16.4. The number of urea groups is 1. The third-order valence-electron chi connectivity index (χ3n) is 3.01. The summed E-state index contributed by atoms with van der Waals surface area (Å²) >= 11 is 4.98. The van der Waals surface area contributed by atoms with Crippen LogP contribution >= 0.6 is 27.3 Å². The molecular weight excluding hydrogens is 316 g/mol. The van der Waals surface area contributed by atoms with E-state index >= 15 is 0 Å². The van der Waals surface area contributed by atoms with E-state index < -0.39 is 0 Å². The fourth-order valence-corrected chi connectivity index (χ4v) is 3.13. The van der Waals surface area contributed by atoms with Crippen LogP contribution in [0.5, 0.6) is 0 Å². The molecule has 1 aliphatic rings. The summed E-state index contributed by atoms with van der Waals surface area (Å²) in [6, 6.07) is 1.85. The van der Waals surface area contributed by atoms with Crippen LogP contribution in [0.25, 0.3) is 0 Å². The van der Waals surface area contributed by atoms with Gasteiger partial charge >= 0.3 is 6.03 Å². The fourth-order valence-electron chi connectivity index (χ4n) is 1.74. The van der Waals surface area contributed by atoms with Gasteiger partial charge in [-0.15, -0.1) is 11.3 Å². The number of hydrogen-bond acceptors (Lipinski definition) is 3. The zero-order valence-corrected chi connectivity index (χ0v) is 12.6. The first-order valence-electron chi connectivity index (χ1n) is 5.96. The predicted octanol–water partition coefficient (Wildman–Crippen LogP) is 2.42. The van der Waals surface area contributed by atoms with Crippen LogP contribution in [0.3, 0.4) is 0 Å². The Kier molecular flexibility index (Phi) is 4.64. The largest absolute Gasteiger partial charge is 0.391 e. The van der Waals surface area contributed by atoms with Gasteiger partial charge in [0.05, 0.1) is 12.6 Å². The first-order valence-corrected chi connectivity index (χ1v) is 7.63. The molecule has 0 radical (unpaired) electrons. The van der Waals surface area contributed by atoms with Crippen LogP contribution < -0.4 is 5.32 Å². The number of hydrogen-bond donors (Lipinski definition) is 2. The highest BCUT2D eigenvalue weighted by atomic mass is 79.9. The van der Waals surface area contributed by atoms with E-state index in [1.54, 1.807) is 23.3 Å². The topological polar surface area (TPSA) is 52.6 Å². The third-order valence-corrected chi connectivity index (χ3v) is 4.71. The number of aliphatic hydroxyl groups excluding tert-OH is 1. The van der Waals surface area contributed by atoms with Crippen molar-refractivity contribution in [2.24, 2.45) is 5.92 Å². The molecule has 1 fully saturated rings. The van der Waals surface area contributed by atoms with Gasteiger partial charge < -0.3 is 15.3 Å². The Morgan fingerprint density at radius 1 is 1.72 bits per heavy atom. The van der Waals surface area contributed by atoms with Crippen molar-refractivity contribution in [1.29, 1.82) is 0 Å². The molecule has 0 aromatic carbocycles. The van der Waals surface area contributed by atoms with Gasteiger partial charge in [-0.3, -0.25) is 0 Å². The van der Waals surface area contributed by atoms with Gasteiger partial charge in [-0.25, -0.2) is 4.79 Å². The number of rotatable bonds is 5. The van der Waals surface area contributed by atoms with Crippen molar-refractivity contribution in [1.82, 2.24) is 10.2 Å². The molecule has 4 nitrogen and oxygen atoms in total. The zero-order valence-electron chi connectivity index (χ0n) is 10.2. The van der Waals surface area contributed by atoms with Crippen LogP contribution in [0.2, 0.25) is 0 Å². The third kappa shape index (κ3) is 3.96. The van der Waals surface area contributed by atoms with E-state index in [0.29, 0.717) is 19.0 Å². The number of nitrogens with zero attached hydrogens (tertiary/aromatic N) is 1. The lowest BCUT2D eigenvalue weighted by Crippen LogP contribution is -2.41. The van der Waals surface area contributed by atoms with E-state index in [1.807, 2.05) is 11.4 Å². The van der Waals surface area contributed by atoms with Gasteiger partial charge in [-0.2, -0.15) is 0 Å². The molecule has 0 spiro atoms. The Hall–Kier alpha value is -0.590. The first-order chi connectivity index (χ1) is 8.56. The smallest absolute Gasteiger partial charge is 0.317 e. The van der Waals surface area contributed by atoms with Gasteiger partial charge in [0.15, 0.2) is 0 Å². The molecular formula is C12H17BrN2O2S. The van der Waals surface area contributed by atoms with Crippen LogP contribution in [0, 0.1) is 5.92 Å². The maximum Gasteiger partial charge on any atom is 0.317 e. The van der Waals surface area contributed by atoms with Gasteiger partial charge in [0.1, 0.15) is 0 Å². The summed E-state index contributed by atoms with van der Waals surface area (Å²) in [5.74, 6) is 0.397. The lowest BCUT2D eigenvalue weighted by molar-refractivity contribution is 0.113. The Balaban J connectivity index is 1.73. The number of nitrogens with one attached hydrogen (secondary N) is 1. The standard InChI is InChI=1S/C12H17BrN2O2S/c1-15(6-11(16)8-2-3-8)12(17)14-5-10-4-9(13)7-18-10/h4,7-8,11,16H,2-3,5-6H2,1H3,(H,14,17). The lowest BCUT2D eigenvalue weighted by atomic mass is 10.2. The summed E-state index contributed by atoms with van der Waals surface area (Å²) in [7, 11) is 1.71. The van der Waals surface area contributed by atoms with Crippen molar-refractivity contribution >= 4 is 33.3 Å². The van der Waals surface area contributed by atoms with Crippen molar-refractivity contribution in [2.75, 3.05) is 13.6 Å². The lowest BCUT2D eigenvalue weighted by Gasteiger charge is -2.21. The molecule has 2 N–H and O–H groups in total. The second-order valence-electron chi connectivity index (χ2n) is 4.68. The molecule has 1 heterocycles. The molecule has 6 heteroatoms. The van der Waals surface area contributed by atoms with E-state index in [-0.39, 0.29) is 12.1 Å². The number of carbonyl (C=O) groups excluding carboxylic acids is 1. The molecule has 0 saturated heterocycles. The number of thiophene rings is 1.